The van der Waals surface area contributed by atoms with E-state index in [4.69, 9.17) is 11.5 Å². The lowest BCUT2D eigenvalue weighted by molar-refractivity contribution is -0.144. The fraction of sp³-hybridized carbons (Fsp3) is 0.737. The summed E-state index contributed by atoms with van der Waals surface area (Å²) < 4.78 is 0. The van der Waals surface area contributed by atoms with Crippen LogP contribution in [-0.4, -0.2) is 64.6 Å². The number of thiol groups is 1. The fourth-order valence-corrected chi connectivity index (χ4v) is 2.88. The molecule has 0 fully saturated rings. The summed E-state index contributed by atoms with van der Waals surface area (Å²) in [7, 11) is 0. The van der Waals surface area contributed by atoms with Crippen molar-refractivity contribution >= 4 is 42.2 Å². The minimum Gasteiger partial charge on any atom is -0.480 e. The van der Waals surface area contributed by atoms with Gasteiger partial charge < -0.3 is 32.5 Å². The molecule has 0 saturated heterocycles. The predicted octanol–water partition coefficient (Wildman–Crippen LogP) is -1.25. The number of nitrogens with one attached hydrogen (secondary N) is 3. The molecule has 0 saturated carbocycles. The number of hydrogen-bond acceptors (Lipinski definition) is 7. The number of primary amides is 1. The normalized spacial score (nSPS) is 15.0. The Morgan fingerprint density at radius 1 is 0.806 bits per heavy atom. The van der Waals surface area contributed by atoms with Crippen LogP contribution in [0.1, 0.15) is 47.0 Å². The first-order valence-electron chi connectivity index (χ1n) is 10.1. The number of carboxylic acid groups (broad SMARTS) is 1. The standard InChI is InChI=1S/C19H35N5O6S/c1-9(2)5-12(22-16(26)11(20)8-31)17(27)23-13(6-10(3)4)18(28)24-14(19(29)30)7-15(21)25/h9-14,31H,5-8,20H2,1-4H3,(H2,21,25)(H,22,26)(H,23,27)(H,24,28)(H,29,30). The molecule has 31 heavy (non-hydrogen) atoms. The molecule has 0 bridgehead atoms. The van der Waals surface area contributed by atoms with Gasteiger partial charge in [-0.1, -0.05) is 27.7 Å². The third kappa shape index (κ3) is 11.6. The van der Waals surface area contributed by atoms with Gasteiger partial charge in [-0.3, -0.25) is 19.2 Å². The molecule has 0 rings (SSSR count). The van der Waals surface area contributed by atoms with E-state index in [1.807, 2.05) is 27.7 Å². The molecule has 0 aromatic carbocycles. The summed E-state index contributed by atoms with van der Waals surface area (Å²) in [4.78, 5) is 60.1. The van der Waals surface area contributed by atoms with Gasteiger partial charge in [-0.25, -0.2) is 4.79 Å². The Hall–Kier alpha value is -2.34. The summed E-state index contributed by atoms with van der Waals surface area (Å²) >= 11 is 3.97. The molecule has 0 radical (unpaired) electrons. The molecule has 4 atom stereocenters. The SMILES string of the molecule is CC(C)CC(NC(=O)C(N)CS)C(=O)NC(CC(C)C)C(=O)NC(CC(N)=O)C(=O)O. The summed E-state index contributed by atoms with van der Waals surface area (Å²) in [6.45, 7) is 7.38. The van der Waals surface area contributed by atoms with Gasteiger partial charge in [0, 0.05) is 5.75 Å². The van der Waals surface area contributed by atoms with Gasteiger partial charge in [0.15, 0.2) is 0 Å². The summed E-state index contributed by atoms with van der Waals surface area (Å²) in [5.74, 6) is -4.11. The summed E-state index contributed by atoms with van der Waals surface area (Å²) in [5, 5.41) is 16.6. The largest absolute Gasteiger partial charge is 0.480 e. The third-order valence-electron chi connectivity index (χ3n) is 4.23. The number of carbonyl (C=O) groups excluding carboxylic acids is 4. The number of amides is 4. The first-order chi connectivity index (χ1) is 14.3. The van der Waals surface area contributed by atoms with Crippen LogP contribution in [0, 0.1) is 11.8 Å². The van der Waals surface area contributed by atoms with Gasteiger partial charge in [-0.2, -0.15) is 12.6 Å². The van der Waals surface area contributed by atoms with Crippen molar-refractivity contribution in [2.45, 2.75) is 71.1 Å². The Balaban J connectivity index is 5.48. The van der Waals surface area contributed by atoms with Crippen LogP contribution < -0.4 is 27.4 Å². The number of carboxylic acids is 1. The maximum Gasteiger partial charge on any atom is 0.326 e. The molecule has 8 N–H and O–H groups in total. The minimum atomic E-state index is -1.52. The average Bonchev–Trinajstić information content (AvgIpc) is 2.64. The fourth-order valence-electron chi connectivity index (χ4n) is 2.71. The second-order valence-corrected chi connectivity index (χ2v) is 8.61. The molecule has 0 aromatic rings. The molecule has 4 amide bonds. The van der Waals surface area contributed by atoms with Gasteiger partial charge in [0.05, 0.1) is 12.5 Å². The quantitative estimate of drug-likeness (QED) is 0.157. The van der Waals surface area contributed by atoms with Crippen LogP contribution in [0.2, 0.25) is 0 Å². The summed E-state index contributed by atoms with van der Waals surface area (Å²) in [6, 6.07) is -4.43. The summed E-state index contributed by atoms with van der Waals surface area (Å²) in [6.07, 6.45) is -0.0810. The molecule has 0 heterocycles. The molecule has 178 valence electrons. The van der Waals surface area contributed by atoms with E-state index in [1.165, 1.54) is 0 Å². The number of carbonyl (C=O) groups is 5. The molecular formula is C19H35N5O6S. The molecule has 11 nitrogen and oxygen atoms in total. The average molecular weight is 462 g/mol. The third-order valence-corrected chi connectivity index (χ3v) is 4.63. The monoisotopic (exact) mass is 461 g/mol. The van der Waals surface area contributed by atoms with E-state index in [0.29, 0.717) is 6.42 Å². The highest BCUT2D eigenvalue weighted by Crippen LogP contribution is 2.10. The zero-order chi connectivity index (χ0) is 24.3. The lowest BCUT2D eigenvalue weighted by Crippen LogP contribution is -2.58. The van der Waals surface area contributed by atoms with E-state index in [2.05, 4.69) is 28.6 Å². The van der Waals surface area contributed by atoms with Gasteiger partial charge in [-0.15, -0.1) is 0 Å². The Labute approximate surface area is 187 Å². The van der Waals surface area contributed by atoms with E-state index < -0.39 is 60.2 Å². The van der Waals surface area contributed by atoms with Crippen LogP contribution in [0.4, 0.5) is 0 Å². The minimum absolute atomic E-state index is 0.0220. The zero-order valence-corrected chi connectivity index (χ0v) is 19.3. The summed E-state index contributed by atoms with van der Waals surface area (Å²) in [5.41, 5.74) is 10.7. The van der Waals surface area contributed by atoms with Gasteiger partial charge in [-0.05, 0) is 24.7 Å². The van der Waals surface area contributed by atoms with Crippen molar-refractivity contribution in [1.29, 1.82) is 0 Å². The Morgan fingerprint density at radius 3 is 1.52 bits per heavy atom. The maximum atomic E-state index is 12.9. The van der Waals surface area contributed by atoms with E-state index in [1.54, 1.807) is 0 Å². The molecule has 0 spiro atoms. The van der Waals surface area contributed by atoms with Crippen molar-refractivity contribution < 1.29 is 29.1 Å². The number of aliphatic carboxylic acids is 1. The van der Waals surface area contributed by atoms with Crippen molar-refractivity contribution in [3.8, 4) is 0 Å². The molecule has 4 unspecified atom stereocenters. The van der Waals surface area contributed by atoms with Crippen molar-refractivity contribution in [1.82, 2.24) is 16.0 Å². The van der Waals surface area contributed by atoms with E-state index in [9.17, 15) is 29.1 Å². The lowest BCUT2D eigenvalue weighted by Gasteiger charge is -2.26. The van der Waals surface area contributed by atoms with Gasteiger partial charge in [0.2, 0.25) is 23.6 Å². The van der Waals surface area contributed by atoms with E-state index in [-0.39, 0.29) is 24.0 Å². The van der Waals surface area contributed by atoms with Crippen LogP contribution in [0.15, 0.2) is 0 Å². The Morgan fingerprint density at radius 2 is 1.19 bits per heavy atom. The van der Waals surface area contributed by atoms with E-state index in [0.717, 1.165) is 0 Å². The van der Waals surface area contributed by atoms with Gasteiger partial charge in [0.25, 0.3) is 0 Å². The zero-order valence-electron chi connectivity index (χ0n) is 18.4. The Kier molecular flexibility index (Phi) is 12.8. The molecule has 0 aliphatic heterocycles. The van der Waals surface area contributed by atoms with Gasteiger partial charge >= 0.3 is 5.97 Å². The highest BCUT2D eigenvalue weighted by atomic mass is 32.1. The molecule has 0 aliphatic rings. The van der Waals surface area contributed by atoms with Crippen molar-refractivity contribution in [3.05, 3.63) is 0 Å². The predicted molar refractivity (Wildman–Crippen MR) is 118 cm³/mol. The smallest absolute Gasteiger partial charge is 0.326 e. The number of nitrogens with two attached hydrogens (primary N) is 2. The second kappa shape index (κ2) is 13.9. The second-order valence-electron chi connectivity index (χ2n) is 8.24. The highest BCUT2D eigenvalue weighted by Gasteiger charge is 2.31. The first-order valence-corrected chi connectivity index (χ1v) is 10.7. The van der Waals surface area contributed by atoms with E-state index >= 15 is 0 Å². The van der Waals surface area contributed by atoms with Gasteiger partial charge in [0.1, 0.15) is 18.1 Å². The van der Waals surface area contributed by atoms with Crippen LogP contribution in [0.5, 0.6) is 0 Å². The molecule has 0 aromatic heterocycles. The van der Waals surface area contributed by atoms with Crippen LogP contribution in [-0.2, 0) is 24.0 Å². The molecular weight excluding hydrogens is 426 g/mol. The van der Waals surface area contributed by atoms with Crippen molar-refractivity contribution in [3.63, 3.8) is 0 Å². The van der Waals surface area contributed by atoms with Crippen molar-refractivity contribution in [2.75, 3.05) is 5.75 Å². The maximum absolute atomic E-state index is 12.9. The topological polar surface area (TPSA) is 194 Å². The first kappa shape index (κ1) is 28.7. The van der Waals surface area contributed by atoms with Crippen molar-refractivity contribution in [2.24, 2.45) is 23.3 Å². The van der Waals surface area contributed by atoms with Crippen LogP contribution in [0.25, 0.3) is 0 Å². The number of rotatable bonds is 14. The molecule has 0 aliphatic carbocycles. The van der Waals surface area contributed by atoms with Crippen LogP contribution >= 0.6 is 12.6 Å². The number of hydrogen-bond donors (Lipinski definition) is 7. The molecule has 12 heteroatoms. The van der Waals surface area contributed by atoms with Crippen LogP contribution in [0.3, 0.4) is 0 Å². The highest BCUT2D eigenvalue weighted by molar-refractivity contribution is 7.80. The lowest BCUT2D eigenvalue weighted by atomic mass is 9.99. The Bertz CT molecular complexity index is 658.